The summed E-state index contributed by atoms with van der Waals surface area (Å²) in [6, 6.07) is 15.0. The normalized spacial score (nSPS) is 19.7. The monoisotopic (exact) mass is 466 g/mol. The number of carboxylic acids is 1. The van der Waals surface area contributed by atoms with Gasteiger partial charge in [-0.05, 0) is 41.5 Å². The number of alkyl carbamates (subject to hydrolysis) is 1. The van der Waals surface area contributed by atoms with Crippen molar-refractivity contribution in [1.29, 1.82) is 0 Å². The Hall–Kier alpha value is -3.39. The average Bonchev–Trinajstić information content (AvgIpc) is 3.43. The molecule has 2 unspecified atom stereocenters. The zero-order valence-electron chi connectivity index (χ0n) is 19.2. The largest absolute Gasteiger partial charge is 0.481 e. The van der Waals surface area contributed by atoms with E-state index in [2.05, 4.69) is 22.8 Å². The molecule has 1 heterocycles. The van der Waals surface area contributed by atoms with Gasteiger partial charge in [0.2, 0.25) is 5.91 Å². The maximum absolute atomic E-state index is 13.0. The average molecular weight is 467 g/mol. The van der Waals surface area contributed by atoms with Crippen LogP contribution in [0.2, 0.25) is 0 Å². The number of carboxylic acid groups (broad SMARTS) is 1. The fourth-order valence-electron chi connectivity index (χ4n) is 4.74. The summed E-state index contributed by atoms with van der Waals surface area (Å²) >= 11 is 0. The van der Waals surface area contributed by atoms with E-state index >= 15 is 0 Å². The highest BCUT2D eigenvalue weighted by atomic mass is 16.5. The van der Waals surface area contributed by atoms with Crippen molar-refractivity contribution in [2.75, 3.05) is 19.8 Å². The zero-order valence-corrected chi connectivity index (χ0v) is 19.2. The summed E-state index contributed by atoms with van der Waals surface area (Å²) in [7, 11) is 0. The smallest absolute Gasteiger partial charge is 0.407 e. The van der Waals surface area contributed by atoms with Crippen LogP contribution in [0.1, 0.15) is 49.7 Å². The Labute approximate surface area is 198 Å². The number of carbonyl (C=O) groups excluding carboxylic acids is 2. The molecule has 0 aromatic heterocycles. The topological polar surface area (TPSA) is 114 Å². The van der Waals surface area contributed by atoms with Gasteiger partial charge in [0, 0.05) is 18.9 Å². The first kappa shape index (κ1) is 23.8. The summed E-state index contributed by atoms with van der Waals surface area (Å²) in [6.45, 7) is 3.01. The van der Waals surface area contributed by atoms with Gasteiger partial charge in [-0.25, -0.2) is 4.79 Å². The van der Waals surface area contributed by atoms with E-state index in [0.717, 1.165) is 22.3 Å². The quantitative estimate of drug-likeness (QED) is 0.522. The Morgan fingerprint density at radius 2 is 1.76 bits per heavy atom. The molecule has 3 N–H and O–H groups in total. The predicted molar refractivity (Wildman–Crippen MR) is 125 cm³/mol. The zero-order chi connectivity index (χ0) is 24.1. The summed E-state index contributed by atoms with van der Waals surface area (Å²) < 4.78 is 11.0. The minimum Gasteiger partial charge on any atom is -0.481 e. The molecule has 180 valence electrons. The molecule has 1 aliphatic carbocycles. The van der Waals surface area contributed by atoms with Gasteiger partial charge in [0.05, 0.1) is 12.1 Å². The Kier molecular flexibility index (Phi) is 7.17. The number of fused-ring (bicyclic) bond motifs is 3. The van der Waals surface area contributed by atoms with Crippen molar-refractivity contribution in [3.05, 3.63) is 59.7 Å². The van der Waals surface area contributed by atoms with Gasteiger partial charge in [0.1, 0.15) is 12.6 Å². The lowest BCUT2D eigenvalue weighted by Gasteiger charge is -2.30. The molecule has 2 atom stereocenters. The Morgan fingerprint density at radius 1 is 1.12 bits per heavy atom. The summed E-state index contributed by atoms with van der Waals surface area (Å²) in [5.41, 5.74) is 3.91. The van der Waals surface area contributed by atoms with Gasteiger partial charge in [-0.2, -0.15) is 0 Å². The molecule has 2 amide bonds. The minimum absolute atomic E-state index is 0.0357. The molecule has 2 aromatic carbocycles. The van der Waals surface area contributed by atoms with Crippen LogP contribution in [0.15, 0.2) is 48.5 Å². The van der Waals surface area contributed by atoms with Crippen LogP contribution < -0.4 is 10.6 Å². The van der Waals surface area contributed by atoms with Crippen LogP contribution >= 0.6 is 0 Å². The molecule has 0 spiro atoms. The molecular formula is C26H30N2O6. The minimum atomic E-state index is -1.04. The fourth-order valence-corrected chi connectivity index (χ4v) is 4.74. The van der Waals surface area contributed by atoms with Crippen molar-refractivity contribution < 1.29 is 29.0 Å². The first-order chi connectivity index (χ1) is 16.4. The number of benzene rings is 2. The summed E-state index contributed by atoms with van der Waals surface area (Å²) in [4.78, 5) is 36.8. The third kappa shape index (κ3) is 5.07. The molecule has 0 saturated carbocycles. The van der Waals surface area contributed by atoms with Gasteiger partial charge in [0.15, 0.2) is 0 Å². The van der Waals surface area contributed by atoms with Crippen molar-refractivity contribution >= 4 is 18.0 Å². The van der Waals surface area contributed by atoms with Crippen LogP contribution in [0.3, 0.4) is 0 Å². The van der Waals surface area contributed by atoms with Crippen LogP contribution in [-0.4, -0.2) is 54.5 Å². The molecule has 8 heteroatoms. The fraction of sp³-hybridized carbons (Fsp3) is 0.423. The summed E-state index contributed by atoms with van der Waals surface area (Å²) in [5.74, 6) is -1.58. The van der Waals surface area contributed by atoms with Gasteiger partial charge in [0.25, 0.3) is 0 Å². The van der Waals surface area contributed by atoms with E-state index in [-0.39, 0.29) is 25.4 Å². The van der Waals surface area contributed by atoms with Crippen molar-refractivity contribution in [2.24, 2.45) is 0 Å². The molecule has 1 saturated heterocycles. The third-order valence-corrected chi connectivity index (χ3v) is 6.77. The highest BCUT2D eigenvalue weighted by molar-refractivity contribution is 5.87. The molecule has 34 heavy (non-hydrogen) atoms. The summed E-state index contributed by atoms with van der Waals surface area (Å²) in [6.07, 6.45) is 0.311. The Bertz CT molecular complexity index is 1020. The summed E-state index contributed by atoms with van der Waals surface area (Å²) in [5, 5.41) is 14.6. The molecule has 4 rings (SSSR count). The van der Waals surface area contributed by atoms with Gasteiger partial charge < -0.3 is 25.2 Å². The lowest BCUT2D eigenvalue weighted by atomic mass is 9.94. The maximum atomic E-state index is 13.0. The van der Waals surface area contributed by atoms with E-state index in [1.165, 1.54) is 0 Å². The number of aliphatic carboxylic acids is 1. The number of hydrogen-bond donors (Lipinski definition) is 3. The van der Waals surface area contributed by atoms with Gasteiger partial charge in [-0.1, -0.05) is 55.5 Å². The third-order valence-electron chi connectivity index (χ3n) is 6.77. The second kappa shape index (κ2) is 10.3. The van der Waals surface area contributed by atoms with Crippen molar-refractivity contribution in [2.45, 2.75) is 50.1 Å². The van der Waals surface area contributed by atoms with E-state index in [4.69, 9.17) is 14.6 Å². The van der Waals surface area contributed by atoms with E-state index in [9.17, 15) is 14.4 Å². The van der Waals surface area contributed by atoms with Gasteiger partial charge >= 0.3 is 12.1 Å². The van der Waals surface area contributed by atoms with E-state index in [0.29, 0.717) is 26.1 Å². The highest BCUT2D eigenvalue weighted by Gasteiger charge is 2.37. The molecule has 1 aliphatic heterocycles. The van der Waals surface area contributed by atoms with Crippen LogP contribution in [0, 0.1) is 0 Å². The van der Waals surface area contributed by atoms with Gasteiger partial charge in [-0.3, -0.25) is 9.59 Å². The van der Waals surface area contributed by atoms with E-state index < -0.39 is 29.6 Å². The number of carbonyl (C=O) groups is 3. The van der Waals surface area contributed by atoms with Crippen LogP contribution in [0.25, 0.3) is 11.1 Å². The molecule has 2 aliphatic rings. The molecule has 2 aromatic rings. The maximum Gasteiger partial charge on any atom is 0.407 e. The molecular weight excluding hydrogens is 436 g/mol. The van der Waals surface area contributed by atoms with E-state index in [1.807, 2.05) is 43.3 Å². The SMILES string of the molecule is CCC1(NC(=O)C(CCC(=O)O)NC(=O)OCC2c3ccccc3-c3ccccc32)CCOC1. The highest BCUT2D eigenvalue weighted by Crippen LogP contribution is 2.44. The van der Waals surface area contributed by atoms with E-state index in [1.54, 1.807) is 0 Å². The molecule has 8 nitrogen and oxygen atoms in total. The number of amides is 2. The molecule has 0 bridgehead atoms. The molecule has 0 radical (unpaired) electrons. The van der Waals surface area contributed by atoms with Crippen molar-refractivity contribution in [3.8, 4) is 11.1 Å². The first-order valence-corrected chi connectivity index (χ1v) is 11.7. The van der Waals surface area contributed by atoms with Crippen molar-refractivity contribution in [1.82, 2.24) is 10.6 Å². The Morgan fingerprint density at radius 3 is 2.32 bits per heavy atom. The second-order valence-electron chi connectivity index (χ2n) is 8.88. The predicted octanol–water partition coefficient (Wildman–Crippen LogP) is 3.44. The standard InChI is InChI=1S/C26H30N2O6/c1-2-26(13-14-33-16-26)28-24(31)22(11-12-23(29)30)27-25(32)34-15-21-19-9-5-3-7-17(19)18-8-4-6-10-20(18)21/h3-10,21-22H,2,11-16H2,1H3,(H,27,32)(H,28,31)(H,29,30). The lowest BCUT2D eigenvalue weighted by molar-refractivity contribution is -0.137. The van der Waals surface area contributed by atoms with Crippen molar-refractivity contribution in [3.63, 3.8) is 0 Å². The van der Waals surface area contributed by atoms with Crippen LogP contribution in [0.5, 0.6) is 0 Å². The number of hydrogen-bond acceptors (Lipinski definition) is 5. The number of nitrogens with one attached hydrogen (secondary N) is 2. The molecule has 1 fully saturated rings. The van der Waals surface area contributed by atoms with Crippen LogP contribution in [0.4, 0.5) is 4.79 Å². The number of rotatable bonds is 9. The van der Waals surface area contributed by atoms with Gasteiger partial charge in [-0.15, -0.1) is 0 Å². The first-order valence-electron chi connectivity index (χ1n) is 11.7. The number of ether oxygens (including phenoxy) is 2. The lowest BCUT2D eigenvalue weighted by Crippen LogP contribution is -2.56. The Balaban J connectivity index is 1.42. The van der Waals surface area contributed by atoms with Crippen LogP contribution in [-0.2, 0) is 19.1 Å². The second-order valence-corrected chi connectivity index (χ2v) is 8.88.